The van der Waals surface area contributed by atoms with E-state index in [1.807, 2.05) is 18.7 Å². The van der Waals surface area contributed by atoms with Gasteiger partial charge in [0.25, 0.3) is 5.91 Å². The van der Waals surface area contributed by atoms with Crippen molar-refractivity contribution in [2.45, 2.75) is 58.5 Å². The molecule has 0 unspecified atom stereocenters. The zero-order valence-corrected chi connectivity index (χ0v) is 20.0. The number of hydrogen-bond donors (Lipinski definition) is 1. The predicted octanol–water partition coefficient (Wildman–Crippen LogP) is 4.09. The number of benzene rings is 1. The minimum Gasteiger partial charge on any atom is -0.493 e. The standard InChI is InChI=1S/C25H37FN2O5/c1-18(2)33-24(31)28-10-8-25(9-11-28)16-19(17-25)5-4-14-32-20-6-7-21(22(26)15-20)23(30)27(3)12-13-29/h6-7,15,18-19,29H,4-5,8-14,16-17H2,1-3H3. The van der Waals surface area contributed by atoms with Crippen LogP contribution in [0, 0.1) is 17.2 Å². The number of piperidine rings is 1. The van der Waals surface area contributed by atoms with Crippen molar-refractivity contribution in [1.82, 2.24) is 9.80 Å². The van der Waals surface area contributed by atoms with Crippen LogP contribution in [0.25, 0.3) is 0 Å². The van der Waals surface area contributed by atoms with E-state index in [-0.39, 0.29) is 30.9 Å². The largest absolute Gasteiger partial charge is 0.493 e. The first-order chi connectivity index (χ1) is 15.7. The maximum Gasteiger partial charge on any atom is 0.410 e. The van der Waals surface area contributed by atoms with Gasteiger partial charge in [-0.2, -0.15) is 0 Å². The van der Waals surface area contributed by atoms with Crippen molar-refractivity contribution in [2.24, 2.45) is 11.3 Å². The van der Waals surface area contributed by atoms with E-state index in [0.717, 1.165) is 38.8 Å². The van der Waals surface area contributed by atoms with Gasteiger partial charge in [-0.15, -0.1) is 0 Å². The molecule has 1 aromatic rings. The number of likely N-dealkylation sites (N-methyl/N-ethyl adjacent to an activating group) is 1. The second kappa shape index (κ2) is 11.2. The van der Waals surface area contributed by atoms with Gasteiger partial charge in [0.1, 0.15) is 11.6 Å². The summed E-state index contributed by atoms with van der Waals surface area (Å²) in [6.07, 6.45) is 6.19. The molecule has 1 saturated carbocycles. The van der Waals surface area contributed by atoms with Crippen molar-refractivity contribution >= 4 is 12.0 Å². The zero-order chi connectivity index (χ0) is 24.0. The zero-order valence-electron chi connectivity index (χ0n) is 20.0. The summed E-state index contributed by atoms with van der Waals surface area (Å²) in [4.78, 5) is 27.3. The Kier molecular flexibility index (Phi) is 8.57. The van der Waals surface area contributed by atoms with Crippen LogP contribution in [0.5, 0.6) is 5.75 Å². The number of ether oxygens (including phenoxy) is 2. The second-order valence-electron chi connectivity index (χ2n) is 9.78. The Morgan fingerprint density at radius 1 is 1.27 bits per heavy atom. The van der Waals surface area contributed by atoms with Gasteiger partial charge in [-0.1, -0.05) is 0 Å². The van der Waals surface area contributed by atoms with E-state index in [0.29, 0.717) is 23.7 Å². The highest BCUT2D eigenvalue weighted by molar-refractivity contribution is 5.94. The summed E-state index contributed by atoms with van der Waals surface area (Å²) in [5.74, 6) is 0.0164. The Morgan fingerprint density at radius 3 is 2.58 bits per heavy atom. The fraction of sp³-hybridized carbons (Fsp3) is 0.680. The van der Waals surface area contributed by atoms with Crippen molar-refractivity contribution in [3.8, 4) is 5.75 Å². The summed E-state index contributed by atoms with van der Waals surface area (Å²) < 4.78 is 25.3. The van der Waals surface area contributed by atoms with Crippen LogP contribution in [-0.2, 0) is 4.74 Å². The third-order valence-electron chi connectivity index (χ3n) is 6.84. The van der Waals surface area contributed by atoms with Gasteiger partial charge in [0, 0.05) is 32.7 Å². The number of rotatable bonds is 9. The van der Waals surface area contributed by atoms with E-state index in [4.69, 9.17) is 14.6 Å². The number of hydrogen-bond acceptors (Lipinski definition) is 5. The number of halogens is 1. The molecule has 1 saturated heterocycles. The van der Waals surface area contributed by atoms with Gasteiger partial charge in [0.2, 0.25) is 0 Å². The Morgan fingerprint density at radius 2 is 1.97 bits per heavy atom. The summed E-state index contributed by atoms with van der Waals surface area (Å²) in [5, 5.41) is 8.93. The van der Waals surface area contributed by atoms with Crippen LogP contribution in [0.4, 0.5) is 9.18 Å². The molecule has 1 heterocycles. The number of likely N-dealkylation sites (tertiary alicyclic amines) is 1. The number of aliphatic hydroxyl groups excluding tert-OH is 1. The summed E-state index contributed by atoms with van der Waals surface area (Å²) in [5.41, 5.74) is 0.357. The van der Waals surface area contributed by atoms with Gasteiger partial charge in [0.15, 0.2) is 0 Å². The molecule has 8 heteroatoms. The molecule has 2 amide bonds. The van der Waals surface area contributed by atoms with Crippen molar-refractivity contribution in [3.05, 3.63) is 29.6 Å². The van der Waals surface area contributed by atoms with Crippen molar-refractivity contribution in [3.63, 3.8) is 0 Å². The van der Waals surface area contributed by atoms with E-state index in [9.17, 15) is 14.0 Å². The van der Waals surface area contributed by atoms with Crippen LogP contribution in [0.15, 0.2) is 18.2 Å². The lowest BCUT2D eigenvalue weighted by molar-refractivity contribution is -0.0203. The Bertz CT molecular complexity index is 815. The van der Waals surface area contributed by atoms with E-state index >= 15 is 0 Å². The van der Waals surface area contributed by atoms with Crippen molar-refractivity contribution < 1.29 is 28.6 Å². The highest BCUT2D eigenvalue weighted by Gasteiger charge is 2.46. The summed E-state index contributed by atoms with van der Waals surface area (Å²) in [6, 6.07) is 4.29. The van der Waals surface area contributed by atoms with Gasteiger partial charge < -0.3 is 24.4 Å². The average Bonchev–Trinajstić information content (AvgIpc) is 2.75. The maximum absolute atomic E-state index is 14.3. The Labute approximate surface area is 195 Å². The van der Waals surface area contributed by atoms with E-state index in [2.05, 4.69) is 0 Å². The van der Waals surface area contributed by atoms with Gasteiger partial charge >= 0.3 is 6.09 Å². The first-order valence-electron chi connectivity index (χ1n) is 12.0. The normalized spacial score (nSPS) is 17.7. The Balaban J connectivity index is 1.34. The minimum absolute atomic E-state index is 0.0263. The monoisotopic (exact) mass is 464 g/mol. The van der Waals surface area contributed by atoms with Gasteiger partial charge in [0.05, 0.1) is 24.9 Å². The topological polar surface area (TPSA) is 79.3 Å². The van der Waals surface area contributed by atoms with Crippen LogP contribution in [-0.4, -0.2) is 72.9 Å². The number of nitrogens with zero attached hydrogens (tertiary/aromatic N) is 2. The molecule has 2 aliphatic rings. The fourth-order valence-electron chi connectivity index (χ4n) is 5.00. The van der Waals surface area contributed by atoms with Crippen LogP contribution >= 0.6 is 0 Å². The van der Waals surface area contributed by atoms with Crippen molar-refractivity contribution in [2.75, 3.05) is 39.9 Å². The van der Waals surface area contributed by atoms with Crippen LogP contribution in [0.1, 0.15) is 62.7 Å². The lowest BCUT2D eigenvalue weighted by Crippen LogP contribution is -2.49. The highest BCUT2D eigenvalue weighted by Crippen LogP contribution is 2.54. The van der Waals surface area contributed by atoms with Crippen LogP contribution in [0.2, 0.25) is 0 Å². The lowest BCUT2D eigenvalue weighted by Gasteiger charge is -2.52. The molecule has 1 N–H and O–H groups in total. The van der Waals surface area contributed by atoms with Crippen LogP contribution < -0.4 is 4.74 Å². The number of carbonyl (C=O) groups excluding carboxylic acids is 2. The summed E-state index contributed by atoms with van der Waals surface area (Å²) >= 11 is 0. The number of carbonyl (C=O) groups is 2. The molecule has 7 nitrogen and oxygen atoms in total. The molecule has 1 spiro atoms. The molecule has 0 aromatic heterocycles. The first kappa shape index (κ1) is 25.3. The van der Waals surface area contributed by atoms with E-state index in [1.165, 1.54) is 36.9 Å². The molecular formula is C25H37FN2O5. The SMILES string of the molecule is CC(C)OC(=O)N1CCC2(CC1)CC(CCCOc1ccc(C(=O)N(C)CCO)c(F)c1)C2. The smallest absolute Gasteiger partial charge is 0.410 e. The number of aliphatic hydroxyl groups is 1. The van der Waals surface area contributed by atoms with Crippen molar-refractivity contribution in [1.29, 1.82) is 0 Å². The minimum atomic E-state index is -0.619. The Hall–Kier alpha value is -2.35. The summed E-state index contributed by atoms with van der Waals surface area (Å²) in [6.45, 7) is 5.80. The number of amides is 2. The molecule has 0 radical (unpaired) electrons. The van der Waals surface area contributed by atoms with Gasteiger partial charge in [-0.3, -0.25) is 4.79 Å². The predicted molar refractivity (Wildman–Crippen MR) is 123 cm³/mol. The maximum atomic E-state index is 14.3. The third kappa shape index (κ3) is 6.59. The molecule has 33 heavy (non-hydrogen) atoms. The van der Waals surface area contributed by atoms with Crippen LogP contribution in [0.3, 0.4) is 0 Å². The molecule has 3 rings (SSSR count). The van der Waals surface area contributed by atoms with Gasteiger partial charge in [-0.05, 0) is 75.8 Å². The molecule has 1 aliphatic carbocycles. The van der Waals surface area contributed by atoms with E-state index < -0.39 is 11.7 Å². The summed E-state index contributed by atoms with van der Waals surface area (Å²) in [7, 11) is 1.52. The molecule has 0 atom stereocenters. The molecule has 2 fully saturated rings. The molecule has 184 valence electrons. The first-order valence-corrected chi connectivity index (χ1v) is 12.0. The van der Waals surface area contributed by atoms with Gasteiger partial charge in [-0.25, -0.2) is 9.18 Å². The highest BCUT2D eigenvalue weighted by atomic mass is 19.1. The molecular weight excluding hydrogens is 427 g/mol. The fourth-order valence-corrected chi connectivity index (χ4v) is 5.00. The average molecular weight is 465 g/mol. The van der Waals surface area contributed by atoms with E-state index in [1.54, 1.807) is 6.07 Å². The molecule has 1 aromatic carbocycles. The molecule has 0 bridgehead atoms. The third-order valence-corrected chi connectivity index (χ3v) is 6.84. The second-order valence-corrected chi connectivity index (χ2v) is 9.78. The molecule has 1 aliphatic heterocycles. The lowest BCUT2D eigenvalue weighted by atomic mass is 9.56. The quantitative estimate of drug-likeness (QED) is 0.557.